The van der Waals surface area contributed by atoms with Crippen LogP contribution in [0.5, 0.6) is 5.75 Å². The Hall–Kier alpha value is -1.23. The van der Waals surface area contributed by atoms with E-state index in [9.17, 15) is 13.2 Å². The molecule has 1 unspecified atom stereocenters. The molecule has 2 aliphatic rings. The first-order chi connectivity index (χ1) is 13.4. The lowest BCUT2D eigenvalue weighted by atomic mass is 10.1. The summed E-state index contributed by atoms with van der Waals surface area (Å²) in [4.78, 5) is 5.68. The number of hydrogen-bond acceptors (Lipinski definition) is 3. The topological polar surface area (TPSA) is 48.9 Å². The summed E-state index contributed by atoms with van der Waals surface area (Å²) in [6, 6.07) is 7.94. The molecule has 2 N–H and O–H groups in total. The van der Waals surface area contributed by atoms with E-state index >= 15 is 0 Å². The summed E-state index contributed by atoms with van der Waals surface area (Å²) in [6.07, 6.45) is -0.871. The number of nitrogens with zero attached hydrogens (tertiary/aromatic N) is 2. The number of rotatable bonds is 8. The molecule has 29 heavy (non-hydrogen) atoms. The van der Waals surface area contributed by atoms with Crippen LogP contribution in [0, 0.1) is 11.8 Å². The van der Waals surface area contributed by atoms with Gasteiger partial charge in [-0.1, -0.05) is 18.2 Å². The van der Waals surface area contributed by atoms with Gasteiger partial charge in [0.05, 0.1) is 13.2 Å². The first-order valence-electron chi connectivity index (χ1n) is 9.87. The largest absolute Gasteiger partial charge is 0.493 e. The van der Waals surface area contributed by atoms with Crippen molar-refractivity contribution in [2.75, 3.05) is 39.8 Å². The summed E-state index contributed by atoms with van der Waals surface area (Å²) >= 11 is 0. The lowest BCUT2D eigenvalue weighted by molar-refractivity contribution is -0.143. The number of alkyl halides is 3. The molecule has 1 saturated heterocycles. The zero-order valence-corrected chi connectivity index (χ0v) is 19.0. The monoisotopic (exact) mass is 526 g/mol. The van der Waals surface area contributed by atoms with Crippen LogP contribution in [0.1, 0.15) is 24.8 Å². The zero-order chi connectivity index (χ0) is 20.0. The highest BCUT2D eigenvalue weighted by molar-refractivity contribution is 14.0. The van der Waals surface area contributed by atoms with Crippen LogP contribution in [-0.4, -0.2) is 56.9 Å². The highest BCUT2D eigenvalue weighted by Crippen LogP contribution is 2.30. The molecular formula is C20H30F3IN4O. The average molecular weight is 526 g/mol. The number of aliphatic imine (C=N–C) groups is 1. The molecule has 1 saturated carbocycles. The molecule has 1 aliphatic carbocycles. The molecule has 0 aromatic heterocycles. The van der Waals surface area contributed by atoms with Crippen molar-refractivity contribution in [1.82, 2.24) is 15.5 Å². The molecule has 1 aliphatic heterocycles. The quantitative estimate of drug-likeness (QED) is 0.309. The van der Waals surface area contributed by atoms with Crippen molar-refractivity contribution in [2.45, 2.75) is 32.0 Å². The predicted molar refractivity (Wildman–Crippen MR) is 119 cm³/mol. The van der Waals surface area contributed by atoms with Gasteiger partial charge in [0.25, 0.3) is 0 Å². The van der Waals surface area contributed by atoms with Crippen LogP contribution < -0.4 is 15.4 Å². The molecule has 0 amide bonds. The Morgan fingerprint density at radius 3 is 2.62 bits per heavy atom. The molecule has 1 aromatic rings. The van der Waals surface area contributed by atoms with E-state index in [-0.39, 0.29) is 29.9 Å². The Morgan fingerprint density at radius 1 is 1.17 bits per heavy atom. The summed E-state index contributed by atoms with van der Waals surface area (Å²) in [5, 5.41) is 6.50. The van der Waals surface area contributed by atoms with E-state index < -0.39 is 12.7 Å². The van der Waals surface area contributed by atoms with Crippen molar-refractivity contribution in [3.63, 3.8) is 0 Å². The lowest BCUT2D eigenvalue weighted by Crippen LogP contribution is -2.40. The highest BCUT2D eigenvalue weighted by atomic mass is 127. The minimum atomic E-state index is -4.13. The molecule has 1 heterocycles. The maximum Gasteiger partial charge on any atom is 0.401 e. The summed E-state index contributed by atoms with van der Waals surface area (Å²) in [6.45, 7) is 2.07. The molecule has 1 atom stereocenters. The van der Waals surface area contributed by atoms with Crippen molar-refractivity contribution in [2.24, 2.45) is 16.8 Å². The molecule has 3 rings (SSSR count). The molecule has 5 nitrogen and oxygen atoms in total. The third kappa shape index (κ3) is 8.57. The Morgan fingerprint density at radius 2 is 1.93 bits per heavy atom. The summed E-state index contributed by atoms with van der Waals surface area (Å²) in [5.74, 6) is 2.41. The second kappa shape index (κ2) is 11.2. The van der Waals surface area contributed by atoms with Gasteiger partial charge in [0.15, 0.2) is 5.96 Å². The fourth-order valence-electron chi connectivity index (χ4n) is 3.40. The van der Waals surface area contributed by atoms with Gasteiger partial charge in [-0.2, -0.15) is 13.2 Å². The second-order valence-corrected chi connectivity index (χ2v) is 7.67. The first kappa shape index (κ1) is 24.0. The van der Waals surface area contributed by atoms with Gasteiger partial charge in [-0.15, -0.1) is 24.0 Å². The summed E-state index contributed by atoms with van der Waals surface area (Å²) in [7, 11) is 1.69. The SMILES string of the molecule is CN=C(NCc1ccccc1OCC1CC1)NCC1CCN(CC(F)(F)F)C1.I. The van der Waals surface area contributed by atoms with E-state index in [1.165, 1.54) is 17.7 Å². The van der Waals surface area contributed by atoms with Crippen molar-refractivity contribution in [3.05, 3.63) is 29.8 Å². The Labute approximate surface area is 187 Å². The smallest absolute Gasteiger partial charge is 0.401 e. The molecule has 1 aromatic carbocycles. The summed E-state index contributed by atoms with van der Waals surface area (Å²) in [5.41, 5.74) is 1.06. The third-order valence-electron chi connectivity index (χ3n) is 5.15. The lowest BCUT2D eigenvalue weighted by Gasteiger charge is -2.19. The van der Waals surface area contributed by atoms with Gasteiger partial charge in [-0.05, 0) is 43.7 Å². The normalized spacial score (nSPS) is 20.3. The van der Waals surface area contributed by atoms with E-state index in [1.807, 2.05) is 24.3 Å². The number of halogens is 4. The molecule has 0 radical (unpaired) electrons. The number of hydrogen-bond donors (Lipinski definition) is 2. The molecule has 0 spiro atoms. The average Bonchev–Trinajstić information content (AvgIpc) is 3.39. The van der Waals surface area contributed by atoms with Crippen LogP contribution in [0.15, 0.2) is 29.3 Å². The van der Waals surface area contributed by atoms with Crippen LogP contribution in [0.2, 0.25) is 0 Å². The standard InChI is InChI=1S/C20H29F3N4O.HI/c1-24-19(25-10-16-8-9-27(12-16)14-20(21,22)23)26-11-17-4-2-3-5-18(17)28-13-15-6-7-15;/h2-5,15-16H,6-14H2,1H3,(H2,24,25,26);1H. The van der Waals surface area contributed by atoms with Crippen LogP contribution in [-0.2, 0) is 6.54 Å². The maximum atomic E-state index is 12.5. The van der Waals surface area contributed by atoms with Gasteiger partial charge in [-0.25, -0.2) is 0 Å². The number of nitrogens with one attached hydrogen (secondary N) is 2. The molecule has 164 valence electrons. The Balaban J connectivity index is 0.00000300. The van der Waals surface area contributed by atoms with Crippen molar-refractivity contribution >= 4 is 29.9 Å². The van der Waals surface area contributed by atoms with Gasteiger partial charge < -0.3 is 15.4 Å². The van der Waals surface area contributed by atoms with E-state index in [2.05, 4.69) is 15.6 Å². The molecule has 2 fully saturated rings. The van der Waals surface area contributed by atoms with Gasteiger partial charge in [0, 0.05) is 32.2 Å². The second-order valence-electron chi connectivity index (χ2n) is 7.67. The van der Waals surface area contributed by atoms with Gasteiger partial charge in [0.2, 0.25) is 0 Å². The van der Waals surface area contributed by atoms with E-state index in [0.29, 0.717) is 38.1 Å². The molecular weight excluding hydrogens is 496 g/mol. The van der Waals surface area contributed by atoms with Crippen LogP contribution in [0.3, 0.4) is 0 Å². The Kier molecular flexibility index (Phi) is 9.32. The van der Waals surface area contributed by atoms with Crippen molar-refractivity contribution in [1.29, 1.82) is 0 Å². The number of guanidine groups is 1. The van der Waals surface area contributed by atoms with Gasteiger partial charge >= 0.3 is 6.18 Å². The number of likely N-dealkylation sites (tertiary alicyclic amines) is 1. The minimum Gasteiger partial charge on any atom is -0.493 e. The predicted octanol–water partition coefficient (Wildman–Crippen LogP) is 3.64. The fraction of sp³-hybridized carbons (Fsp3) is 0.650. The van der Waals surface area contributed by atoms with Crippen LogP contribution in [0.4, 0.5) is 13.2 Å². The van der Waals surface area contributed by atoms with Gasteiger partial charge in [-0.3, -0.25) is 9.89 Å². The van der Waals surface area contributed by atoms with E-state index in [1.54, 1.807) is 7.05 Å². The maximum absolute atomic E-state index is 12.5. The van der Waals surface area contributed by atoms with E-state index in [4.69, 9.17) is 4.74 Å². The zero-order valence-electron chi connectivity index (χ0n) is 16.7. The third-order valence-corrected chi connectivity index (χ3v) is 5.15. The van der Waals surface area contributed by atoms with Gasteiger partial charge in [0.1, 0.15) is 5.75 Å². The molecule has 9 heteroatoms. The number of benzene rings is 1. The van der Waals surface area contributed by atoms with E-state index in [0.717, 1.165) is 24.3 Å². The highest BCUT2D eigenvalue weighted by Gasteiger charge is 2.34. The van der Waals surface area contributed by atoms with Crippen molar-refractivity contribution < 1.29 is 17.9 Å². The van der Waals surface area contributed by atoms with Crippen LogP contribution in [0.25, 0.3) is 0 Å². The molecule has 0 bridgehead atoms. The van der Waals surface area contributed by atoms with Crippen molar-refractivity contribution in [3.8, 4) is 5.75 Å². The summed E-state index contributed by atoms with van der Waals surface area (Å²) < 4.78 is 43.4. The Bertz CT molecular complexity index is 667. The fourth-order valence-corrected chi connectivity index (χ4v) is 3.40. The number of ether oxygens (including phenoxy) is 1. The first-order valence-corrected chi connectivity index (χ1v) is 9.87. The number of para-hydroxylation sites is 1. The van der Waals surface area contributed by atoms with Crippen LogP contribution >= 0.6 is 24.0 Å². The minimum absolute atomic E-state index is 0.